The number of hydrogen-bond acceptors (Lipinski definition) is 6. The first-order chi connectivity index (χ1) is 10.2. The number of aliphatic hydroxyl groups excluding tert-OH is 2. The van der Waals surface area contributed by atoms with Gasteiger partial charge in [-0.25, -0.2) is 4.57 Å². The quantitative estimate of drug-likeness (QED) is 0.264. The second-order valence-electron chi connectivity index (χ2n) is 4.85. The molecule has 122 valence electrons. The summed E-state index contributed by atoms with van der Waals surface area (Å²) in [4.78, 5) is 28.5. The predicted molar refractivity (Wildman–Crippen MR) is 72.6 cm³/mol. The molecule has 11 heteroatoms. The Labute approximate surface area is 153 Å². The van der Waals surface area contributed by atoms with E-state index in [0.29, 0.717) is 5.56 Å². The average molecular weight is 356 g/mol. The minimum Gasteiger partial charge on any atom is -0.387 e. The molecule has 4 atom stereocenters. The van der Waals surface area contributed by atoms with Crippen LogP contribution in [0.15, 0.2) is 24.3 Å². The number of amides is 1. The standard InChI is InChI=1S/C12H16NO8P.Na/c13-12(16)7-3-1-2-6(4-7)11-10(15)9(14)8(21-11)5-20-22(17,18)19;/h1-4,8-11,14-15H,5H2,(H2,13,16)(H2,17,18,19);/q;+1. The van der Waals surface area contributed by atoms with Crippen molar-refractivity contribution < 1.29 is 68.2 Å². The van der Waals surface area contributed by atoms with Gasteiger partial charge in [-0.3, -0.25) is 9.32 Å². The summed E-state index contributed by atoms with van der Waals surface area (Å²) < 4.78 is 20.3. The van der Waals surface area contributed by atoms with Crippen molar-refractivity contribution in [3.63, 3.8) is 0 Å². The van der Waals surface area contributed by atoms with Crippen molar-refractivity contribution in [1.29, 1.82) is 0 Å². The van der Waals surface area contributed by atoms with Gasteiger partial charge in [-0.1, -0.05) is 12.1 Å². The van der Waals surface area contributed by atoms with Gasteiger partial charge in [0.2, 0.25) is 5.91 Å². The number of carbonyl (C=O) groups excluding carboxylic acids is 1. The SMILES string of the molecule is NC(=O)c1cccc(C2OC(COP(=O)(O)O)C(O)C2O)c1.[Na+]. The van der Waals surface area contributed by atoms with Crippen LogP contribution in [0, 0.1) is 0 Å². The Kier molecular flexibility index (Phi) is 7.36. The fourth-order valence-electron chi connectivity index (χ4n) is 2.20. The molecule has 0 spiro atoms. The smallest absolute Gasteiger partial charge is 0.387 e. The monoisotopic (exact) mass is 356 g/mol. The van der Waals surface area contributed by atoms with E-state index in [1.54, 1.807) is 6.07 Å². The van der Waals surface area contributed by atoms with Crippen molar-refractivity contribution in [2.24, 2.45) is 5.73 Å². The van der Waals surface area contributed by atoms with E-state index in [1.807, 2.05) is 0 Å². The number of phosphoric acid groups is 1. The van der Waals surface area contributed by atoms with Gasteiger partial charge in [0.1, 0.15) is 24.4 Å². The molecule has 0 aliphatic carbocycles. The first-order valence-electron chi connectivity index (χ1n) is 6.30. The predicted octanol–water partition coefficient (Wildman–Crippen LogP) is -3.94. The fourth-order valence-corrected chi connectivity index (χ4v) is 2.54. The largest absolute Gasteiger partial charge is 1.00 e. The Morgan fingerprint density at radius 3 is 2.52 bits per heavy atom. The van der Waals surface area contributed by atoms with E-state index >= 15 is 0 Å². The van der Waals surface area contributed by atoms with Crippen LogP contribution in [0.3, 0.4) is 0 Å². The summed E-state index contributed by atoms with van der Waals surface area (Å²) in [6, 6.07) is 6.00. The van der Waals surface area contributed by atoms with E-state index in [-0.39, 0.29) is 35.1 Å². The van der Waals surface area contributed by atoms with Gasteiger partial charge in [-0.2, -0.15) is 0 Å². The van der Waals surface area contributed by atoms with E-state index in [1.165, 1.54) is 18.2 Å². The first-order valence-corrected chi connectivity index (χ1v) is 7.83. The molecule has 1 heterocycles. The number of hydrogen-bond donors (Lipinski definition) is 5. The maximum absolute atomic E-state index is 11.2. The summed E-state index contributed by atoms with van der Waals surface area (Å²) in [5, 5.41) is 19.9. The third kappa shape index (κ3) is 5.33. The molecule has 1 aromatic rings. The van der Waals surface area contributed by atoms with Crippen LogP contribution < -0.4 is 35.3 Å². The van der Waals surface area contributed by atoms with Crippen LogP contribution >= 0.6 is 7.82 Å². The molecule has 1 aromatic carbocycles. The molecular weight excluding hydrogens is 340 g/mol. The molecule has 6 N–H and O–H groups in total. The van der Waals surface area contributed by atoms with E-state index < -0.39 is 44.8 Å². The second kappa shape index (κ2) is 8.17. The van der Waals surface area contributed by atoms with E-state index in [0.717, 1.165) is 0 Å². The molecule has 0 saturated carbocycles. The van der Waals surface area contributed by atoms with Crippen molar-refractivity contribution in [3.8, 4) is 0 Å². The Morgan fingerprint density at radius 2 is 1.96 bits per heavy atom. The number of rotatable bonds is 5. The average Bonchev–Trinajstić information content (AvgIpc) is 2.72. The normalized spacial score (nSPS) is 27.5. The van der Waals surface area contributed by atoms with Crippen molar-refractivity contribution in [1.82, 2.24) is 0 Å². The summed E-state index contributed by atoms with van der Waals surface area (Å²) in [7, 11) is -4.71. The summed E-state index contributed by atoms with van der Waals surface area (Å²) in [6.07, 6.45) is -4.83. The van der Waals surface area contributed by atoms with Gasteiger partial charge in [0.05, 0.1) is 6.61 Å². The van der Waals surface area contributed by atoms with Gasteiger partial charge in [0.15, 0.2) is 0 Å². The summed E-state index contributed by atoms with van der Waals surface area (Å²) in [5.74, 6) is -0.656. The number of ether oxygens (including phenoxy) is 1. The number of benzene rings is 1. The molecule has 1 fully saturated rings. The third-order valence-electron chi connectivity index (χ3n) is 3.27. The Hall–Kier alpha value is -0.320. The van der Waals surface area contributed by atoms with E-state index in [2.05, 4.69) is 4.52 Å². The van der Waals surface area contributed by atoms with Crippen LogP contribution in [0.5, 0.6) is 0 Å². The summed E-state index contributed by atoms with van der Waals surface area (Å²) in [6.45, 7) is -0.589. The molecule has 1 saturated heterocycles. The minimum absolute atomic E-state index is 0. The zero-order valence-electron chi connectivity index (χ0n) is 12.3. The zero-order valence-corrected chi connectivity index (χ0v) is 15.2. The molecule has 2 rings (SSSR count). The Morgan fingerprint density at radius 1 is 1.30 bits per heavy atom. The van der Waals surface area contributed by atoms with Crippen LogP contribution in [-0.2, 0) is 13.8 Å². The summed E-state index contributed by atoms with van der Waals surface area (Å²) in [5.41, 5.74) is 5.78. The van der Waals surface area contributed by atoms with Gasteiger partial charge >= 0.3 is 37.4 Å². The maximum Gasteiger partial charge on any atom is 1.00 e. The van der Waals surface area contributed by atoms with Gasteiger partial charge in [0, 0.05) is 5.56 Å². The molecule has 23 heavy (non-hydrogen) atoms. The number of primary amides is 1. The van der Waals surface area contributed by atoms with E-state index in [9.17, 15) is 19.6 Å². The van der Waals surface area contributed by atoms with E-state index in [4.69, 9.17) is 20.3 Å². The number of phosphoric ester groups is 1. The molecule has 1 amide bonds. The van der Waals surface area contributed by atoms with Gasteiger partial charge < -0.3 is 30.5 Å². The van der Waals surface area contributed by atoms with Crippen LogP contribution in [0.1, 0.15) is 22.0 Å². The second-order valence-corrected chi connectivity index (χ2v) is 6.09. The molecule has 9 nitrogen and oxygen atoms in total. The van der Waals surface area contributed by atoms with Crippen molar-refractivity contribution in [3.05, 3.63) is 35.4 Å². The maximum atomic E-state index is 11.2. The van der Waals surface area contributed by atoms with Crippen LogP contribution in [0.4, 0.5) is 0 Å². The fraction of sp³-hybridized carbons (Fsp3) is 0.417. The Balaban J connectivity index is 0.00000264. The number of carbonyl (C=O) groups is 1. The van der Waals surface area contributed by atoms with Gasteiger partial charge in [-0.05, 0) is 17.7 Å². The number of aliphatic hydroxyl groups is 2. The van der Waals surface area contributed by atoms with Crippen molar-refractivity contribution in [2.45, 2.75) is 24.4 Å². The van der Waals surface area contributed by atoms with Crippen molar-refractivity contribution >= 4 is 13.7 Å². The molecule has 1 aliphatic heterocycles. The molecule has 1 aliphatic rings. The zero-order chi connectivity index (χ0) is 16.5. The van der Waals surface area contributed by atoms with Gasteiger partial charge in [0.25, 0.3) is 0 Å². The van der Waals surface area contributed by atoms with Crippen molar-refractivity contribution in [2.75, 3.05) is 6.61 Å². The molecule has 0 aromatic heterocycles. The first kappa shape index (κ1) is 20.7. The topological polar surface area (TPSA) is 160 Å². The van der Waals surface area contributed by atoms with Crippen LogP contribution in [-0.4, -0.2) is 50.8 Å². The van der Waals surface area contributed by atoms with Crippen LogP contribution in [0.2, 0.25) is 0 Å². The van der Waals surface area contributed by atoms with Gasteiger partial charge in [-0.15, -0.1) is 0 Å². The van der Waals surface area contributed by atoms with Crippen LogP contribution in [0.25, 0.3) is 0 Å². The minimum atomic E-state index is -4.71. The molecular formula is C12H16NNaO8P+. The molecule has 4 unspecified atom stereocenters. The number of nitrogens with two attached hydrogens (primary N) is 1. The molecule has 0 radical (unpaired) electrons. The molecule has 0 bridgehead atoms. The Bertz CT molecular complexity index is 608. The summed E-state index contributed by atoms with van der Waals surface area (Å²) >= 11 is 0. The third-order valence-corrected chi connectivity index (χ3v) is 3.75.